The fraction of sp³-hybridized carbons (Fsp3) is 0.571. The van der Waals surface area contributed by atoms with Crippen molar-refractivity contribution in [2.24, 2.45) is 5.92 Å². The Balaban J connectivity index is 2.02. The van der Waals surface area contributed by atoms with Gasteiger partial charge >= 0.3 is 5.69 Å². The van der Waals surface area contributed by atoms with E-state index in [4.69, 9.17) is 4.74 Å². The molecule has 0 spiro atoms. The molecule has 0 unspecified atom stereocenters. The second-order valence-corrected chi connectivity index (χ2v) is 7.91. The van der Waals surface area contributed by atoms with Crippen molar-refractivity contribution in [1.82, 2.24) is 18.5 Å². The molecule has 23 heavy (non-hydrogen) atoms. The second kappa shape index (κ2) is 6.06. The molecule has 1 fully saturated rings. The predicted octanol–water partition coefficient (Wildman–Crippen LogP) is 0.173. The van der Waals surface area contributed by atoms with Gasteiger partial charge in [0.05, 0.1) is 18.1 Å². The van der Waals surface area contributed by atoms with Crippen LogP contribution >= 0.6 is 0 Å². The number of rotatable bonds is 4. The van der Waals surface area contributed by atoms with Crippen LogP contribution in [-0.4, -0.2) is 53.2 Å². The van der Waals surface area contributed by atoms with Crippen molar-refractivity contribution in [3.8, 4) is 0 Å². The van der Waals surface area contributed by atoms with Crippen molar-refractivity contribution in [2.45, 2.75) is 25.3 Å². The fourth-order valence-corrected chi connectivity index (χ4v) is 3.96. The van der Waals surface area contributed by atoms with Gasteiger partial charge in [0.15, 0.2) is 5.65 Å². The summed E-state index contributed by atoms with van der Waals surface area (Å²) in [6.07, 6.45) is 1.35. The van der Waals surface area contributed by atoms with E-state index >= 15 is 0 Å². The minimum absolute atomic E-state index is 0.0955. The lowest BCUT2D eigenvalue weighted by Crippen LogP contribution is -2.40. The Morgan fingerprint density at radius 2 is 1.96 bits per heavy atom. The van der Waals surface area contributed by atoms with Gasteiger partial charge in [-0.2, -0.15) is 4.31 Å². The van der Waals surface area contributed by atoms with E-state index in [2.05, 4.69) is 5.10 Å². The first-order valence-corrected chi connectivity index (χ1v) is 9.01. The van der Waals surface area contributed by atoms with Crippen molar-refractivity contribution in [3.05, 3.63) is 28.8 Å². The molecule has 3 rings (SSSR count). The van der Waals surface area contributed by atoms with E-state index in [-0.39, 0.29) is 16.5 Å². The van der Waals surface area contributed by atoms with E-state index in [1.165, 1.54) is 25.7 Å². The molecule has 126 valence electrons. The zero-order chi connectivity index (χ0) is 16.6. The van der Waals surface area contributed by atoms with E-state index in [1.54, 1.807) is 6.07 Å². The van der Waals surface area contributed by atoms with Crippen LogP contribution in [0.15, 0.2) is 28.0 Å². The molecule has 0 amide bonds. The Kier molecular flexibility index (Phi) is 4.26. The van der Waals surface area contributed by atoms with Crippen LogP contribution in [0.5, 0.6) is 0 Å². The van der Waals surface area contributed by atoms with Gasteiger partial charge in [-0.15, -0.1) is 5.10 Å². The third-order valence-electron chi connectivity index (χ3n) is 3.70. The van der Waals surface area contributed by atoms with Gasteiger partial charge in [0.1, 0.15) is 0 Å². The van der Waals surface area contributed by atoms with Gasteiger partial charge in [-0.1, -0.05) is 13.8 Å². The molecule has 0 aliphatic carbocycles. The van der Waals surface area contributed by atoms with E-state index < -0.39 is 10.0 Å². The van der Waals surface area contributed by atoms with E-state index in [1.807, 2.05) is 13.8 Å². The molecule has 2 aromatic heterocycles. The van der Waals surface area contributed by atoms with Crippen LogP contribution in [0.3, 0.4) is 0 Å². The minimum Gasteiger partial charge on any atom is -0.379 e. The third kappa shape index (κ3) is 3.04. The average Bonchev–Trinajstić information content (AvgIpc) is 2.83. The Bertz CT molecular complexity index is 863. The molecule has 8 nitrogen and oxygen atoms in total. The Morgan fingerprint density at radius 1 is 1.26 bits per heavy atom. The van der Waals surface area contributed by atoms with Crippen LogP contribution in [0.4, 0.5) is 0 Å². The number of sulfonamides is 1. The van der Waals surface area contributed by atoms with Crippen LogP contribution in [0.2, 0.25) is 0 Å². The first kappa shape index (κ1) is 16.2. The number of nitrogens with zero attached hydrogens (tertiary/aromatic N) is 4. The standard InChI is InChI=1S/C14H20N4O4S/c1-11(2)9-18-14(19)17-10-12(3-4-13(17)15-18)23(20,21)16-5-7-22-8-6-16/h3-4,10-11H,5-9H2,1-2H3. The molecule has 9 heteroatoms. The van der Waals surface area contributed by atoms with E-state index in [0.717, 1.165) is 0 Å². The summed E-state index contributed by atoms with van der Waals surface area (Å²) in [5, 5.41) is 4.23. The summed E-state index contributed by atoms with van der Waals surface area (Å²) in [7, 11) is -3.63. The zero-order valence-corrected chi connectivity index (χ0v) is 14.0. The largest absolute Gasteiger partial charge is 0.379 e. The maximum Gasteiger partial charge on any atom is 0.350 e. The SMILES string of the molecule is CC(C)Cn1nc2ccc(S(=O)(=O)N3CCOCC3)cn2c1=O. The average molecular weight is 340 g/mol. The lowest BCUT2D eigenvalue weighted by Gasteiger charge is -2.25. The molecule has 3 heterocycles. The second-order valence-electron chi connectivity index (χ2n) is 5.97. The summed E-state index contributed by atoms with van der Waals surface area (Å²) in [6.45, 7) is 5.88. The normalized spacial score (nSPS) is 17.2. The highest BCUT2D eigenvalue weighted by atomic mass is 32.2. The van der Waals surface area contributed by atoms with E-state index in [9.17, 15) is 13.2 Å². The van der Waals surface area contributed by atoms with Gasteiger partial charge in [-0.25, -0.2) is 22.3 Å². The molecule has 0 N–H and O–H groups in total. The number of morpholine rings is 1. The highest BCUT2D eigenvalue weighted by Gasteiger charge is 2.27. The van der Waals surface area contributed by atoms with Crippen molar-refractivity contribution in [1.29, 1.82) is 0 Å². The number of ether oxygens (including phenoxy) is 1. The monoisotopic (exact) mass is 340 g/mol. The number of hydrogen-bond acceptors (Lipinski definition) is 5. The van der Waals surface area contributed by atoms with Crippen LogP contribution < -0.4 is 5.69 Å². The maximum absolute atomic E-state index is 12.7. The molecule has 0 bridgehead atoms. The van der Waals surface area contributed by atoms with Gasteiger partial charge in [0, 0.05) is 25.8 Å². The molecule has 0 radical (unpaired) electrons. The van der Waals surface area contributed by atoms with Crippen molar-refractivity contribution < 1.29 is 13.2 Å². The highest BCUT2D eigenvalue weighted by molar-refractivity contribution is 7.89. The summed E-state index contributed by atoms with van der Waals surface area (Å²) in [4.78, 5) is 12.4. The third-order valence-corrected chi connectivity index (χ3v) is 5.58. The van der Waals surface area contributed by atoms with E-state index in [0.29, 0.717) is 38.5 Å². The molecule has 0 saturated carbocycles. The molecule has 1 saturated heterocycles. The lowest BCUT2D eigenvalue weighted by molar-refractivity contribution is 0.0730. The molecule has 1 aliphatic rings. The smallest absolute Gasteiger partial charge is 0.350 e. The molecule has 0 atom stereocenters. The Hall–Kier alpha value is -1.71. The number of pyridine rings is 1. The van der Waals surface area contributed by atoms with Crippen molar-refractivity contribution in [2.75, 3.05) is 26.3 Å². The molecular weight excluding hydrogens is 320 g/mol. The summed E-state index contributed by atoms with van der Waals surface area (Å²) < 4.78 is 34.5. The number of aromatic nitrogens is 3. The predicted molar refractivity (Wildman–Crippen MR) is 83.9 cm³/mol. The van der Waals surface area contributed by atoms with Gasteiger partial charge < -0.3 is 4.74 Å². The fourth-order valence-electron chi connectivity index (χ4n) is 2.55. The molecule has 1 aliphatic heterocycles. The van der Waals surface area contributed by atoms with Gasteiger partial charge in [0.2, 0.25) is 10.0 Å². The van der Waals surface area contributed by atoms with Gasteiger partial charge in [0.25, 0.3) is 0 Å². The van der Waals surface area contributed by atoms with Crippen molar-refractivity contribution in [3.63, 3.8) is 0 Å². The topological polar surface area (TPSA) is 85.9 Å². The quantitative estimate of drug-likeness (QED) is 0.792. The first-order valence-electron chi connectivity index (χ1n) is 7.57. The summed E-state index contributed by atoms with van der Waals surface area (Å²) in [5.74, 6) is 0.272. The minimum atomic E-state index is -3.63. The number of hydrogen-bond donors (Lipinski definition) is 0. The maximum atomic E-state index is 12.7. The Morgan fingerprint density at radius 3 is 2.61 bits per heavy atom. The van der Waals surface area contributed by atoms with Crippen LogP contribution in [-0.2, 0) is 21.3 Å². The van der Waals surface area contributed by atoms with Gasteiger partial charge in [-0.3, -0.25) is 0 Å². The summed E-state index contributed by atoms with van der Waals surface area (Å²) >= 11 is 0. The summed E-state index contributed by atoms with van der Waals surface area (Å²) in [6, 6.07) is 3.05. The first-order chi connectivity index (χ1) is 10.9. The number of fused-ring (bicyclic) bond motifs is 1. The van der Waals surface area contributed by atoms with Gasteiger partial charge in [-0.05, 0) is 18.1 Å². The van der Waals surface area contributed by atoms with Crippen LogP contribution in [0.1, 0.15) is 13.8 Å². The van der Waals surface area contributed by atoms with Crippen LogP contribution in [0.25, 0.3) is 5.65 Å². The molecule has 0 aromatic carbocycles. The Labute approximate surface area is 134 Å². The van der Waals surface area contributed by atoms with Crippen molar-refractivity contribution >= 4 is 15.7 Å². The zero-order valence-electron chi connectivity index (χ0n) is 13.2. The van der Waals surface area contributed by atoms with Crippen LogP contribution in [0, 0.1) is 5.92 Å². The summed E-state index contributed by atoms with van der Waals surface area (Å²) in [5.41, 5.74) is 0.115. The lowest BCUT2D eigenvalue weighted by atomic mass is 10.2. The molecular formula is C14H20N4O4S. The molecule has 2 aromatic rings. The highest BCUT2D eigenvalue weighted by Crippen LogP contribution is 2.17.